The number of amides is 1. The lowest BCUT2D eigenvalue weighted by Crippen LogP contribution is -2.28. The van der Waals surface area contributed by atoms with Gasteiger partial charge in [-0.3, -0.25) is 4.79 Å². The summed E-state index contributed by atoms with van der Waals surface area (Å²) in [6.45, 7) is 0. The summed E-state index contributed by atoms with van der Waals surface area (Å²) in [6, 6.07) is 16.2. The van der Waals surface area contributed by atoms with Crippen molar-refractivity contribution in [1.29, 1.82) is 0 Å². The van der Waals surface area contributed by atoms with Crippen molar-refractivity contribution in [3.63, 3.8) is 0 Å². The van der Waals surface area contributed by atoms with Gasteiger partial charge in [-0.25, -0.2) is 0 Å². The number of carbonyl (C=O) groups excluding carboxylic acids is 1. The number of benzene rings is 2. The average Bonchev–Trinajstić information content (AvgIpc) is 3.50. The van der Waals surface area contributed by atoms with Crippen LogP contribution in [0, 0.1) is 5.92 Å². The molecule has 4 rings (SSSR count). The SMILES string of the molecule is COc1ccc([C@@H]2C[C@@H]2C(=O)N[C@@H]2C[C@H]2c2ccccc2Cl)cc1. The van der Waals surface area contributed by atoms with E-state index in [0.29, 0.717) is 11.8 Å². The smallest absolute Gasteiger partial charge is 0.223 e. The predicted molar refractivity (Wildman–Crippen MR) is 94.6 cm³/mol. The average molecular weight is 342 g/mol. The van der Waals surface area contributed by atoms with Gasteiger partial charge in [-0.2, -0.15) is 0 Å². The molecule has 1 N–H and O–H groups in total. The zero-order valence-electron chi connectivity index (χ0n) is 13.5. The van der Waals surface area contributed by atoms with E-state index < -0.39 is 0 Å². The summed E-state index contributed by atoms with van der Waals surface area (Å²) in [6.07, 6.45) is 1.91. The fourth-order valence-electron chi connectivity index (χ4n) is 3.47. The summed E-state index contributed by atoms with van der Waals surface area (Å²) in [5.74, 6) is 1.83. The van der Waals surface area contributed by atoms with Crippen LogP contribution in [0.4, 0.5) is 0 Å². The highest BCUT2D eigenvalue weighted by molar-refractivity contribution is 6.31. The van der Waals surface area contributed by atoms with Crippen molar-refractivity contribution in [1.82, 2.24) is 5.32 Å². The van der Waals surface area contributed by atoms with Gasteiger partial charge in [-0.05, 0) is 48.1 Å². The van der Waals surface area contributed by atoms with Gasteiger partial charge in [0.2, 0.25) is 5.91 Å². The molecule has 2 aliphatic rings. The number of rotatable bonds is 5. The normalized spacial score (nSPS) is 27.4. The summed E-state index contributed by atoms with van der Waals surface area (Å²) in [5.41, 5.74) is 2.36. The molecule has 0 bridgehead atoms. The number of methoxy groups -OCH3 is 1. The first-order valence-electron chi connectivity index (χ1n) is 8.36. The molecule has 4 heteroatoms. The molecule has 2 saturated carbocycles. The van der Waals surface area contributed by atoms with Gasteiger partial charge < -0.3 is 10.1 Å². The molecular weight excluding hydrogens is 322 g/mol. The zero-order valence-corrected chi connectivity index (χ0v) is 14.3. The Bertz CT molecular complexity index is 758. The first kappa shape index (κ1) is 15.5. The van der Waals surface area contributed by atoms with Crippen molar-refractivity contribution < 1.29 is 9.53 Å². The number of carbonyl (C=O) groups is 1. The minimum absolute atomic E-state index is 0.103. The van der Waals surface area contributed by atoms with Crippen LogP contribution in [0.5, 0.6) is 5.75 Å². The molecule has 0 saturated heterocycles. The maximum atomic E-state index is 12.5. The minimum Gasteiger partial charge on any atom is -0.497 e. The Morgan fingerprint density at radius 1 is 1.08 bits per heavy atom. The van der Waals surface area contributed by atoms with E-state index in [1.54, 1.807) is 7.11 Å². The lowest BCUT2D eigenvalue weighted by Gasteiger charge is -2.06. The van der Waals surface area contributed by atoms with Crippen LogP contribution in [0.25, 0.3) is 0 Å². The van der Waals surface area contributed by atoms with Crippen LogP contribution in [-0.4, -0.2) is 19.1 Å². The van der Waals surface area contributed by atoms with Gasteiger partial charge in [0, 0.05) is 22.9 Å². The van der Waals surface area contributed by atoms with E-state index in [4.69, 9.17) is 16.3 Å². The highest BCUT2D eigenvalue weighted by Crippen LogP contribution is 2.49. The number of halogens is 1. The summed E-state index contributed by atoms with van der Waals surface area (Å²) < 4.78 is 5.18. The summed E-state index contributed by atoms with van der Waals surface area (Å²) >= 11 is 6.24. The molecule has 24 heavy (non-hydrogen) atoms. The first-order chi connectivity index (χ1) is 11.7. The van der Waals surface area contributed by atoms with Crippen LogP contribution < -0.4 is 10.1 Å². The third-order valence-corrected chi connectivity index (χ3v) is 5.44. The van der Waals surface area contributed by atoms with E-state index in [0.717, 1.165) is 29.2 Å². The highest BCUT2D eigenvalue weighted by atomic mass is 35.5. The van der Waals surface area contributed by atoms with Crippen LogP contribution in [0.15, 0.2) is 48.5 Å². The zero-order chi connectivity index (χ0) is 16.7. The van der Waals surface area contributed by atoms with Crippen molar-refractivity contribution in [2.24, 2.45) is 5.92 Å². The quantitative estimate of drug-likeness (QED) is 0.888. The van der Waals surface area contributed by atoms with Gasteiger partial charge in [0.05, 0.1) is 7.11 Å². The minimum atomic E-state index is 0.103. The van der Waals surface area contributed by atoms with Crippen LogP contribution in [0.3, 0.4) is 0 Å². The molecular formula is C20H20ClNO2. The second-order valence-electron chi connectivity index (χ2n) is 6.70. The molecule has 2 aromatic carbocycles. The van der Waals surface area contributed by atoms with E-state index in [2.05, 4.69) is 23.5 Å². The van der Waals surface area contributed by atoms with Crippen LogP contribution >= 0.6 is 11.6 Å². The molecule has 0 radical (unpaired) electrons. The fourth-order valence-corrected chi connectivity index (χ4v) is 3.74. The van der Waals surface area contributed by atoms with E-state index >= 15 is 0 Å². The van der Waals surface area contributed by atoms with Crippen molar-refractivity contribution in [2.75, 3.05) is 7.11 Å². The summed E-state index contributed by atoms with van der Waals surface area (Å²) in [7, 11) is 1.66. The maximum Gasteiger partial charge on any atom is 0.223 e. The molecule has 0 aliphatic heterocycles. The topological polar surface area (TPSA) is 38.3 Å². The Kier molecular flexibility index (Phi) is 3.97. The Morgan fingerprint density at radius 2 is 1.83 bits per heavy atom. The van der Waals surface area contributed by atoms with Gasteiger partial charge >= 0.3 is 0 Å². The molecule has 1 amide bonds. The molecule has 3 nitrogen and oxygen atoms in total. The summed E-state index contributed by atoms with van der Waals surface area (Å²) in [5, 5.41) is 3.98. The van der Waals surface area contributed by atoms with Crippen molar-refractivity contribution in [3.05, 3.63) is 64.7 Å². The van der Waals surface area contributed by atoms with E-state index in [9.17, 15) is 4.79 Å². The van der Waals surface area contributed by atoms with E-state index in [1.165, 1.54) is 5.56 Å². The van der Waals surface area contributed by atoms with Crippen molar-refractivity contribution >= 4 is 17.5 Å². The van der Waals surface area contributed by atoms with Gasteiger partial charge in [0.25, 0.3) is 0 Å². The molecule has 124 valence electrons. The molecule has 4 atom stereocenters. The predicted octanol–water partition coefficient (Wildman–Crippen LogP) is 4.12. The Labute approximate surface area is 147 Å². The molecule has 2 aromatic rings. The second-order valence-corrected chi connectivity index (χ2v) is 7.11. The van der Waals surface area contributed by atoms with Crippen LogP contribution in [-0.2, 0) is 4.79 Å². The first-order valence-corrected chi connectivity index (χ1v) is 8.74. The Morgan fingerprint density at radius 3 is 2.54 bits per heavy atom. The molecule has 0 heterocycles. The summed E-state index contributed by atoms with van der Waals surface area (Å²) in [4.78, 5) is 12.5. The molecule has 0 aromatic heterocycles. The number of hydrogen-bond acceptors (Lipinski definition) is 2. The molecule has 0 spiro atoms. The standard InChI is InChI=1S/C20H20ClNO2/c1-24-13-8-6-12(7-9-13)15-10-17(15)20(23)22-19-11-16(19)14-4-2-3-5-18(14)21/h2-9,15-17,19H,10-11H2,1H3,(H,22,23)/t15-,16-,17-,19+/m0/s1. The van der Waals surface area contributed by atoms with E-state index in [-0.39, 0.29) is 17.9 Å². The van der Waals surface area contributed by atoms with Crippen LogP contribution in [0.1, 0.15) is 35.8 Å². The van der Waals surface area contributed by atoms with Gasteiger partial charge in [0.1, 0.15) is 5.75 Å². The number of hydrogen-bond donors (Lipinski definition) is 1. The molecule has 2 aliphatic carbocycles. The van der Waals surface area contributed by atoms with Crippen LogP contribution in [0.2, 0.25) is 5.02 Å². The fraction of sp³-hybridized carbons (Fsp3) is 0.350. The van der Waals surface area contributed by atoms with E-state index in [1.807, 2.05) is 30.3 Å². The van der Waals surface area contributed by atoms with Crippen molar-refractivity contribution in [2.45, 2.75) is 30.7 Å². The molecule has 0 unspecified atom stereocenters. The Hall–Kier alpha value is -2.00. The van der Waals surface area contributed by atoms with Crippen molar-refractivity contribution in [3.8, 4) is 5.75 Å². The van der Waals surface area contributed by atoms with Gasteiger partial charge in [-0.1, -0.05) is 41.9 Å². The van der Waals surface area contributed by atoms with Gasteiger partial charge in [0.15, 0.2) is 0 Å². The highest BCUT2D eigenvalue weighted by Gasteiger charge is 2.47. The maximum absolute atomic E-state index is 12.5. The Balaban J connectivity index is 1.33. The monoisotopic (exact) mass is 341 g/mol. The van der Waals surface area contributed by atoms with Gasteiger partial charge in [-0.15, -0.1) is 0 Å². The third-order valence-electron chi connectivity index (χ3n) is 5.09. The second kappa shape index (κ2) is 6.14. The number of ether oxygens (including phenoxy) is 1. The lowest BCUT2D eigenvalue weighted by atomic mass is 10.1. The lowest BCUT2D eigenvalue weighted by molar-refractivity contribution is -0.122. The molecule has 2 fully saturated rings. The largest absolute Gasteiger partial charge is 0.497 e. The number of nitrogens with one attached hydrogen (secondary N) is 1. The third kappa shape index (κ3) is 3.01.